The molecule has 0 N–H and O–H groups in total. The largest absolute Gasteiger partial charge is 1.00 e. The Kier molecular flexibility index (Phi) is 3.05. The number of hydrogen-bond acceptors (Lipinski definition) is 1. The van der Waals surface area contributed by atoms with E-state index in [0.29, 0.717) is 0 Å². The van der Waals surface area contributed by atoms with E-state index in [0.717, 1.165) is 11.4 Å². The normalized spacial score (nSPS) is 8.25. The van der Waals surface area contributed by atoms with Gasteiger partial charge in [0.25, 0.3) is 0 Å². The molecule has 3 heteroatoms. The van der Waals surface area contributed by atoms with Crippen molar-refractivity contribution in [2.75, 3.05) is 0 Å². The van der Waals surface area contributed by atoms with Gasteiger partial charge in [0.1, 0.15) is 0 Å². The molecule has 0 spiro atoms. The van der Waals surface area contributed by atoms with Crippen LogP contribution in [0.1, 0.15) is 11.4 Å². The SMILES string of the molecule is Cc1cc(C)[n-]n1.[Ag+]. The minimum Gasteiger partial charge on any atom is -0.579 e. The molecule has 0 saturated heterocycles. The van der Waals surface area contributed by atoms with Crippen molar-refractivity contribution in [3.05, 3.63) is 17.5 Å². The third-order valence-electron chi connectivity index (χ3n) is 0.783. The van der Waals surface area contributed by atoms with Crippen LogP contribution in [0.25, 0.3) is 0 Å². The second-order valence-corrected chi connectivity index (χ2v) is 1.63. The number of hydrogen-bond donors (Lipinski definition) is 0. The monoisotopic (exact) mass is 202 g/mol. The molecule has 1 heterocycles. The summed E-state index contributed by atoms with van der Waals surface area (Å²) in [5, 5.41) is 7.53. The molecule has 0 aromatic carbocycles. The number of aryl methyl sites for hydroxylation is 2. The molecule has 0 atom stereocenters. The van der Waals surface area contributed by atoms with Gasteiger partial charge in [0, 0.05) is 5.69 Å². The second-order valence-electron chi connectivity index (χ2n) is 1.63. The standard InChI is InChI=1S/C5H7N2.Ag/c1-4-3-5(2)7-6-4;/h3H,1-2H3;/q-1;+1. The fourth-order valence-electron chi connectivity index (χ4n) is 0.518. The van der Waals surface area contributed by atoms with Gasteiger partial charge in [-0.25, -0.2) is 0 Å². The maximum Gasteiger partial charge on any atom is 1.00 e. The molecule has 0 fully saturated rings. The quantitative estimate of drug-likeness (QED) is 0.579. The second kappa shape index (κ2) is 3.07. The van der Waals surface area contributed by atoms with Gasteiger partial charge in [0.15, 0.2) is 0 Å². The minimum absolute atomic E-state index is 0. The van der Waals surface area contributed by atoms with E-state index in [-0.39, 0.29) is 22.4 Å². The van der Waals surface area contributed by atoms with Crippen LogP contribution < -0.4 is 5.10 Å². The van der Waals surface area contributed by atoms with Crippen molar-refractivity contribution >= 4 is 0 Å². The molecule has 0 radical (unpaired) electrons. The zero-order valence-electron chi connectivity index (χ0n) is 4.77. The first-order valence-electron chi connectivity index (χ1n) is 2.22. The van der Waals surface area contributed by atoms with Crippen molar-refractivity contribution < 1.29 is 22.4 Å². The van der Waals surface area contributed by atoms with Crippen molar-refractivity contribution in [2.24, 2.45) is 0 Å². The minimum atomic E-state index is 0. The smallest absolute Gasteiger partial charge is 0.579 e. The molecular weight excluding hydrogens is 196 g/mol. The van der Waals surface area contributed by atoms with Crippen LogP contribution in [0.4, 0.5) is 0 Å². The van der Waals surface area contributed by atoms with Crippen molar-refractivity contribution in [1.82, 2.24) is 10.2 Å². The van der Waals surface area contributed by atoms with E-state index in [2.05, 4.69) is 10.2 Å². The summed E-state index contributed by atoms with van der Waals surface area (Å²) in [4.78, 5) is 0. The molecule has 1 aromatic heterocycles. The van der Waals surface area contributed by atoms with Crippen LogP contribution >= 0.6 is 0 Å². The number of nitrogens with zero attached hydrogens (tertiary/aromatic N) is 2. The van der Waals surface area contributed by atoms with Crippen LogP contribution in [0.15, 0.2) is 6.07 Å². The van der Waals surface area contributed by atoms with Crippen LogP contribution in [0.3, 0.4) is 0 Å². The van der Waals surface area contributed by atoms with Crippen molar-refractivity contribution in [1.29, 1.82) is 0 Å². The first-order valence-corrected chi connectivity index (χ1v) is 2.22. The fourth-order valence-corrected chi connectivity index (χ4v) is 0.518. The summed E-state index contributed by atoms with van der Waals surface area (Å²) in [6, 6.07) is 1.94. The molecule has 0 aliphatic rings. The summed E-state index contributed by atoms with van der Waals surface area (Å²) < 4.78 is 0. The maximum atomic E-state index is 3.77. The zero-order chi connectivity index (χ0) is 5.28. The first-order chi connectivity index (χ1) is 3.29. The van der Waals surface area contributed by atoms with E-state index in [1.165, 1.54) is 0 Å². The summed E-state index contributed by atoms with van der Waals surface area (Å²) >= 11 is 0. The van der Waals surface area contributed by atoms with Crippen LogP contribution in [0, 0.1) is 13.8 Å². The third kappa shape index (κ3) is 1.82. The molecule has 8 heavy (non-hydrogen) atoms. The molecule has 0 unspecified atom stereocenters. The van der Waals surface area contributed by atoms with Gasteiger partial charge < -0.3 is 10.2 Å². The molecular formula is C5H7AgN2. The summed E-state index contributed by atoms with van der Waals surface area (Å²) in [7, 11) is 0. The van der Waals surface area contributed by atoms with Gasteiger partial charge in [-0.05, 0) is 6.92 Å². The van der Waals surface area contributed by atoms with Gasteiger partial charge >= 0.3 is 22.4 Å². The van der Waals surface area contributed by atoms with E-state index >= 15 is 0 Å². The third-order valence-corrected chi connectivity index (χ3v) is 0.783. The molecule has 2 nitrogen and oxygen atoms in total. The van der Waals surface area contributed by atoms with E-state index < -0.39 is 0 Å². The molecule has 1 aromatic rings. The van der Waals surface area contributed by atoms with E-state index in [1.54, 1.807) is 0 Å². The van der Waals surface area contributed by atoms with E-state index in [1.807, 2.05) is 19.9 Å². The Balaban J connectivity index is 0.000000490. The Labute approximate surface area is 64.2 Å². The van der Waals surface area contributed by atoms with Crippen LogP contribution in [-0.4, -0.2) is 5.10 Å². The Morgan fingerprint density at radius 3 is 2.25 bits per heavy atom. The van der Waals surface area contributed by atoms with Gasteiger partial charge in [0.2, 0.25) is 0 Å². The van der Waals surface area contributed by atoms with Crippen molar-refractivity contribution in [3.8, 4) is 0 Å². The topological polar surface area (TPSA) is 27.0 Å². The van der Waals surface area contributed by atoms with Gasteiger partial charge in [-0.15, -0.1) is 5.69 Å². The molecule has 0 saturated carbocycles. The van der Waals surface area contributed by atoms with Crippen molar-refractivity contribution in [3.63, 3.8) is 0 Å². The predicted octanol–water partition coefficient (Wildman–Crippen LogP) is 0.653. The Hall–Kier alpha value is -0.0497. The van der Waals surface area contributed by atoms with E-state index in [9.17, 15) is 0 Å². The average molecular weight is 203 g/mol. The Morgan fingerprint density at radius 2 is 2.12 bits per heavy atom. The van der Waals surface area contributed by atoms with Crippen LogP contribution in [0.5, 0.6) is 0 Å². The van der Waals surface area contributed by atoms with Gasteiger partial charge in [-0.1, -0.05) is 13.0 Å². The summed E-state index contributed by atoms with van der Waals surface area (Å²) in [6.45, 7) is 3.86. The fraction of sp³-hybridized carbons (Fsp3) is 0.400. The van der Waals surface area contributed by atoms with Crippen LogP contribution in [0.2, 0.25) is 0 Å². The maximum absolute atomic E-state index is 3.77. The number of aromatic nitrogens is 2. The molecule has 0 amide bonds. The summed E-state index contributed by atoms with van der Waals surface area (Å²) in [5.74, 6) is 0. The molecule has 0 aliphatic heterocycles. The molecule has 0 aliphatic carbocycles. The average Bonchev–Trinajstić information content (AvgIpc) is 1.87. The van der Waals surface area contributed by atoms with Crippen LogP contribution in [-0.2, 0) is 22.4 Å². The Morgan fingerprint density at radius 1 is 1.50 bits per heavy atom. The molecule has 1 rings (SSSR count). The van der Waals surface area contributed by atoms with Crippen molar-refractivity contribution in [2.45, 2.75) is 13.8 Å². The Bertz CT molecular complexity index is 143. The summed E-state index contributed by atoms with van der Waals surface area (Å²) in [5.41, 5.74) is 2.00. The van der Waals surface area contributed by atoms with Gasteiger partial charge in [0.05, 0.1) is 0 Å². The van der Waals surface area contributed by atoms with Gasteiger partial charge in [-0.2, -0.15) is 0 Å². The summed E-state index contributed by atoms with van der Waals surface area (Å²) in [6.07, 6.45) is 0. The first kappa shape index (κ1) is 7.95. The number of rotatable bonds is 0. The predicted molar refractivity (Wildman–Crippen MR) is 27.0 cm³/mol. The molecule has 0 bridgehead atoms. The molecule has 48 valence electrons. The van der Waals surface area contributed by atoms with E-state index in [4.69, 9.17) is 0 Å². The zero-order valence-corrected chi connectivity index (χ0v) is 6.26. The van der Waals surface area contributed by atoms with Gasteiger partial charge in [-0.3, -0.25) is 0 Å².